The van der Waals surface area contributed by atoms with Crippen LogP contribution in [-0.4, -0.2) is 57.2 Å². The van der Waals surface area contributed by atoms with Crippen LogP contribution in [-0.2, 0) is 13.0 Å². The van der Waals surface area contributed by atoms with E-state index in [9.17, 15) is 9.59 Å². The quantitative estimate of drug-likeness (QED) is 0.340. The van der Waals surface area contributed by atoms with Gasteiger partial charge in [0, 0.05) is 43.5 Å². The number of anilines is 1. The Balaban J connectivity index is 1.06. The molecule has 1 aliphatic heterocycles. The average Bonchev–Trinajstić information content (AvgIpc) is 3.02. The molecule has 5 aromatic rings. The van der Waals surface area contributed by atoms with Gasteiger partial charge in [0.2, 0.25) is 5.95 Å². The molecule has 200 valence electrons. The van der Waals surface area contributed by atoms with Crippen molar-refractivity contribution in [1.82, 2.24) is 25.1 Å². The summed E-state index contributed by atoms with van der Waals surface area (Å²) in [6.07, 6.45) is 3.89. The third kappa shape index (κ3) is 5.54. The first-order chi connectivity index (χ1) is 19.6. The van der Waals surface area contributed by atoms with Crippen LogP contribution in [0.5, 0.6) is 5.75 Å². The number of H-pyrrole nitrogens is 1. The molecule has 0 radical (unpaired) electrons. The number of aromatic nitrogens is 4. The van der Waals surface area contributed by atoms with Crippen LogP contribution in [0.3, 0.4) is 0 Å². The van der Waals surface area contributed by atoms with E-state index in [0.29, 0.717) is 61.9 Å². The largest absolute Gasteiger partial charge is 0.486 e. The summed E-state index contributed by atoms with van der Waals surface area (Å²) in [6.45, 7) is 2.89. The Labute approximate surface area is 231 Å². The molecule has 3 aromatic carbocycles. The van der Waals surface area contributed by atoms with Gasteiger partial charge < -0.3 is 14.5 Å². The van der Waals surface area contributed by atoms with Gasteiger partial charge in [0.05, 0.1) is 23.5 Å². The molecule has 1 fully saturated rings. The van der Waals surface area contributed by atoms with Gasteiger partial charge in [-0.1, -0.05) is 60.7 Å². The number of ether oxygens (including phenoxy) is 1. The number of amides is 1. The summed E-state index contributed by atoms with van der Waals surface area (Å²) >= 11 is 0. The fourth-order valence-electron chi connectivity index (χ4n) is 4.89. The fourth-order valence-corrected chi connectivity index (χ4v) is 4.89. The minimum Gasteiger partial charge on any atom is -0.486 e. The van der Waals surface area contributed by atoms with E-state index < -0.39 is 0 Å². The topological polar surface area (TPSA) is 104 Å². The first-order valence-electron chi connectivity index (χ1n) is 13.2. The highest BCUT2D eigenvalue weighted by atomic mass is 16.5. The Hall–Kier alpha value is -5.05. The van der Waals surface area contributed by atoms with E-state index in [1.165, 1.54) is 0 Å². The van der Waals surface area contributed by atoms with Gasteiger partial charge in [0.15, 0.2) is 5.75 Å². The molecule has 1 amide bonds. The van der Waals surface area contributed by atoms with Crippen molar-refractivity contribution in [3.63, 3.8) is 0 Å². The predicted molar refractivity (Wildman–Crippen MR) is 153 cm³/mol. The highest BCUT2D eigenvalue weighted by molar-refractivity contribution is 5.94. The molecule has 0 saturated carbocycles. The molecule has 1 aliphatic rings. The Bertz CT molecular complexity index is 1680. The molecule has 9 nitrogen and oxygen atoms in total. The van der Waals surface area contributed by atoms with Crippen molar-refractivity contribution in [3.05, 3.63) is 124 Å². The molecule has 0 bridgehead atoms. The van der Waals surface area contributed by atoms with Gasteiger partial charge >= 0.3 is 0 Å². The summed E-state index contributed by atoms with van der Waals surface area (Å²) < 4.78 is 5.79. The summed E-state index contributed by atoms with van der Waals surface area (Å²) in [5, 5.41) is 8.28. The van der Waals surface area contributed by atoms with E-state index in [1.807, 2.05) is 77.7 Å². The third-order valence-corrected chi connectivity index (χ3v) is 7.03. The molecule has 0 aliphatic carbocycles. The van der Waals surface area contributed by atoms with E-state index in [0.717, 1.165) is 22.2 Å². The lowest BCUT2D eigenvalue weighted by Gasteiger charge is -2.34. The van der Waals surface area contributed by atoms with Gasteiger partial charge in [0.25, 0.3) is 11.5 Å². The number of carbonyl (C=O) groups is 1. The number of carbonyl (C=O) groups excluding carboxylic acids is 1. The van der Waals surface area contributed by atoms with Crippen LogP contribution in [0.4, 0.5) is 5.95 Å². The molecule has 3 heterocycles. The zero-order chi connectivity index (χ0) is 27.3. The molecule has 2 aromatic heterocycles. The molecule has 1 saturated heterocycles. The maximum Gasteiger partial charge on any atom is 0.272 e. The Morgan fingerprint density at radius 2 is 1.52 bits per heavy atom. The number of rotatable bonds is 7. The zero-order valence-electron chi connectivity index (χ0n) is 21.9. The van der Waals surface area contributed by atoms with E-state index in [2.05, 4.69) is 25.1 Å². The van der Waals surface area contributed by atoms with Gasteiger partial charge in [-0.05, 0) is 29.3 Å². The molecule has 6 rings (SSSR count). The van der Waals surface area contributed by atoms with Crippen LogP contribution in [0, 0.1) is 0 Å². The van der Waals surface area contributed by atoms with Crippen molar-refractivity contribution in [2.45, 2.75) is 13.0 Å². The maximum atomic E-state index is 13.3. The van der Waals surface area contributed by atoms with Crippen molar-refractivity contribution in [3.8, 4) is 5.75 Å². The zero-order valence-corrected chi connectivity index (χ0v) is 21.9. The number of nitrogens with zero attached hydrogens (tertiary/aromatic N) is 5. The number of hydrogen-bond donors (Lipinski definition) is 1. The number of fused-ring (bicyclic) bond motifs is 1. The summed E-state index contributed by atoms with van der Waals surface area (Å²) in [7, 11) is 0. The highest BCUT2D eigenvalue weighted by Crippen LogP contribution is 2.19. The van der Waals surface area contributed by atoms with E-state index in [1.54, 1.807) is 18.5 Å². The van der Waals surface area contributed by atoms with Gasteiger partial charge in [-0.15, -0.1) is 0 Å². The highest BCUT2D eigenvalue weighted by Gasteiger charge is 2.24. The fraction of sp³-hybridized carbons (Fsp3) is 0.194. The number of piperazine rings is 1. The van der Waals surface area contributed by atoms with E-state index in [4.69, 9.17) is 4.74 Å². The van der Waals surface area contributed by atoms with Gasteiger partial charge in [-0.2, -0.15) is 5.10 Å². The van der Waals surface area contributed by atoms with Gasteiger partial charge in [0.1, 0.15) is 6.61 Å². The summed E-state index contributed by atoms with van der Waals surface area (Å²) in [5.41, 5.74) is 3.23. The number of hydrogen-bond acceptors (Lipinski definition) is 7. The van der Waals surface area contributed by atoms with Crippen molar-refractivity contribution in [1.29, 1.82) is 0 Å². The smallest absolute Gasteiger partial charge is 0.272 e. The van der Waals surface area contributed by atoms with Crippen LogP contribution < -0.4 is 15.2 Å². The molecule has 0 spiro atoms. The standard InChI is InChI=1S/C31H28N6O3/c38-29-27-12-5-4-11-26(27)28(34-35-29)18-23-9-6-10-24(17-23)30(39)36-13-15-37(16-14-36)31-32-19-25(20-33-31)40-21-22-7-2-1-3-8-22/h1-12,17,19-20H,13-16,18,21H2,(H,35,38). The van der Waals surface area contributed by atoms with Crippen LogP contribution >= 0.6 is 0 Å². The van der Waals surface area contributed by atoms with Gasteiger partial charge in [-0.25, -0.2) is 15.1 Å². The number of benzene rings is 3. The number of nitrogens with one attached hydrogen (secondary N) is 1. The first kappa shape index (κ1) is 25.2. The summed E-state index contributed by atoms with van der Waals surface area (Å²) in [4.78, 5) is 38.4. The minimum atomic E-state index is -0.208. The normalized spacial score (nSPS) is 13.4. The Morgan fingerprint density at radius 1 is 0.825 bits per heavy atom. The average molecular weight is 533 g/mol. The minimum absolute atomic E-state index is 0.00800. The van der Waals surface area contributed by atoms with Crippen molar-refractivity contribution < 1.29 is 9.53 Å². The molecule has 9 heteroatoms. The van der Waals surface area contributed by atoms with Crippen LogP contribution in [0.25, 0.3) is 10.8 Å². The molecular weight excluding hydrogens is 504 g/mol. The number of aromatic amines is 1. The van der Waals surface area contributed by atoms with E-state index >= 15 is 0 Å². The third-order valence-electron chi connectivity index (χ3n) is 7.03. The summed E-state index contributed by atoms with van der Waals surface area (Å²) in [6, 6.07) is 25.0. The van der Waals surface area contributed by atoms with Gasteiger partial charge in [-0.3, -0.25) is 9.59 Å². The lowest BCUT2D eigenvalue weighted by atomic mass is 10.0. The molecular formula is C31H28N6O3. The maximum absolute atomic E-state index is 13.3. The second-order valence-electron chi connectivity index (χ2n) is 9.69. The SMILES string of the molecule is O=C(c1cccc(Cc2n[nH]c(=O)c3ccccc23)c1)N1CCN(c2ncc(OCc3ccccc3)cn2)CC1. The molecule has 0 atom stereocenters. The van der Waals surface area contributed by atoms with Crippen molar-refractivity contribution in [2.75, 3.05) is 31.1 Å². The first-order valence-corrected chi connectivity index (χ1v) is 13.2. The van der Waals surface area contributed by atoms with Crippen LogP contribution in [0.1, 0.15) is 27.2 Å². The van der Waals surface area contributed by atoms with Crippen molar-refractivity contribution in [2.24, 2.45) is 0 Å². The molecule has 1 N–H and O–H groups in total. The second-order valence-corrected chi connectivity index (χ2v) is 9.69. The van der Waals surface area contributed by atoms with Crippen LogP contribution in [0.2, 0.25) is 0 Å². The monoisotopic (exact) mass is 532 g/mol. The van der Waals surface area contributed by atoms with Crippen molar-refractivity contribution >= 4 is 22.6 Å². The Morgan fingerprint density at radius 3 is 2.30 bits per heavy atom. The Kier molecular flexibility index (Phi) is 7.17. The summed E-state index contributed by atoms with van der Waals surface area (Å²) in [5.74, 6) is 1.24. The lowest BCUT2D eigenvalue weighted by Crippen LogP contribution is -2.49. The molecule has 40 heavy (non-hydrogen) atoms. The van der Waals surface area contributed by atoms with E-state index in [-0.39, 0.29) is 11.5 Å². The van der Waals surface area contributed by atoms with Crippen LogP contribution in [0.15, 0.2) is 96.1 Å². The molecule has 0 unspecified atom stereocenters. The lowest BCUT2D eigenvalue weighted by molar-refractivity contribution is 0.0746. The second kappa shape index (κ2) is 11.4. The predicted octanol–water partition coefficient (Wildman–Crippen LogP) is 3.85.